The van der Waals surface area contributed by atoms with E-state index in [1.165, 1.54) is 11.8 Å². The minimum atomic E-state index is -1.38. The molecule has 3 aliphatic heterocycles. The molecule has 37 heavy (non-hydrogen) atoms. The van der Waals surface area contributed by atoms with Gasteiger partial charge in [-0.1, -0.05) is 29.4 Å². The number of hydrogen-bond acceptors (Lipinski definition) is 7. The number of nitrogens with zero attached hydrogens (tertiary/aromatic N) is 2. The quantitative estimate of drug-likeness (QED) is 0.471. The Balaban J connectivity index is 1.61. The van der Waals surface area contributed by atoms with Gasteiger partial charge in [0.2, 0.25) is 17.7 Å². The maximum Gasteiger partial charge on any atom is 0.246 e. The van der Waals surface area contributed by atoms with Crippen molar-refractivity contribution in [3.8, 4) is 0 Å². The van der Waals surface area contributed by atoms with Crippen LogP contribution in [0.25, 0.3) is 0 Å². The predicted molar refractivity (Wildman–Crippen MR) is 134 cm³/mol. The van der Waals surface area contributed by atoms with Gasteiger partial charge >= 0.3 is 0 Å². The van der Waals surface area contributed by atoms with Crippen LogP contribution in [-0.2, 0) is 19.1 Å². The number of anilines is 2. The normalized spacial score (nSPS) is 29.9. The Bertz CT molecular complexity index is 1360. The van der Waals surface area contributed by atoms with Crippen molar-refractivity contribution in [1.29, 1.82) is 0 Å². The molecule has 10 nitrogen and oxygen atoms in total. The minimum Gasteiger partial charge on any atom is -0.360 e. The van der Waals surface area contributed by atoms with E-state index in [2.05, 4.69) is 15.8 Å². The lowest BCUT2D eigenvalue weighted by molar-refractivity contribution is -0.131. The highest BCUT2D eigenvalue weighted by atomic mass is 16.5. The molecule has 2 bridgehead atoms. The molecule has 194 valence electrons. The van der Waals surface area contributed by atoms with E-state index >= 15 is 0 Å². The highest BCUT2D eigenvalue weighted by molar-refractivity contribution is 6.12. The van der Waals surface area contributed by atoms with E-state index in [1.807, 2.05) is 20.8 Å². The molecule has 1 aromatic heterocycles. The van der Waals surface area contributed by atoms with Gasteiger partial charge in [0, 0.05) is 22.9 Å². The third-order valence-corrected chi connectivity index (χ3v) is 7.14. The van der Waals surface area contributed by atoms with Gasteiger partial charge in [-0.15, -0.1) is 0 Å². The zero-order chi connectivity index (χ0) is 26.9. The van der Waals surface area contributed by atoms with E-state index in [9.17, 15) is 19.2 Å². The number of amides is 3. The van der Waals surface area contributed by atoms with Gasteiger partial charge in [-0.3, -0.25) is 24.1 Å². The van der Waals surface area contributed by atoms with Gasteiger partial charge in [0.25, 0.3) is 0 Å². The zero-order valence-corrected chi connectivity index (χ0v) is 21.6. The molecule has 2 saturated heterocycles. The Morgan fingerprint density at radius 2 is 1.84 bits per heavy atom. The molecular formula is C27H30N4O6. The molecule has 2 aromatic rings. The van der Waals surface area contributed by atoms with Crippen LogP contribution < -0.4 is 15.5 Å². The Labute approximate surface area is 214 Å². The van der Waals surface area contributed by atoms with E-state index in [4.69, 9.17) is 9.26 Å². The first-order valence-electron chi connectivity index (χ1n) is 12.2. The molecule has 1 spiro atoms. The summed E-state index contributed by atoms with van der Waals surface area (Å²) in [6, 6.07) is 7.04. The van der Waals surface area contributed by atoms with Crippen molar-refractivity contribution in [3.05, 3.63) is 53.8 Å². The molecule has 0 radical (unpaired) electrons. The summed E-state index contributed by atoms with van der Waals surface area (Å²) in [6.45, 7) is 10.4. The Morgan fingerprint density at radius 1 is 1.11 bits per heavy atom. The van der Waals surface area contributed by atoms with Gasteiger partial charge < -0.3 is 19.9 Å². The van der Waals surface area contributed by atoms with Crippen LogP contribution in [0.5, 0.6) is 0 Å². The van der Waals surface area contributed by atoms with Gasteiger partial charge in [-0.2, -0.15) is 0 Å². The summed E-state index contributed by atoms with van der Waals surface area (Å²) in [5.74, 6) is -2.65. The predicted octanol–water partition coefficient (Wildman–Crippen LogP) is 2.78. The highest BCUT2D eigenvalue weighted by Crippen LogP contribution is 2.60. The molecular weight excluding hydrogens is 476 g/mol. The van der Waals surface area contributed by atoms with Gasteiger partial charge in [0.15, 0.2) is 11.6 Å². The topological polar surface area (TPSA) is 131 Å². The molecule has 0 unspecified atom stereocenters. The summed E-state index contributed by atoms with van der Waals surface area (Å²) in [5.41, 5.74) is -2.30. The molecule has 4 heterocycles. The zero-order valence-electron chi connectivity index (χ0n) is 21.6. The number of hydrogen-bond donors (Lipinski definition) is 2. The van der Waals surface area contributed by atoms with Crippen molar-refractivity contribution in [2.75, 3.05) is 10.2 Å². The molecule has 1 aromatic carbocycles. The van der Waals surface area contributed by atoms with Crippen LogP contribution in [0, 0.1) is 18.8 Å². The minimum absolute atomic E-state index is 0.174. The highest BCUT2D eigenvalue weighted by Gasteiger charge is 2.76. The summed E-state index contributed by atoms with van der Waals surface area (Å²) >= 11 is 0. The van der Waals surface area contributed by atoms with Crippen molar-refractivity contribution >= 4 is 35.0 Å². The molecule has 0 aliphatic carbocycles. The number of fused-ring (bicyclic) bond motifs is 1. The number of rotatable bonds is 5. The largest absolute Gasteiger partial charge is 0.360 e. The maximum absolute atomic E-state index is 14.2. The lowest BCUT2D eigenvalue weighted by Crippen LogP contribution is -2.58. The molecule has 10 heteroatoms. The summed E-state index contributed by atoms with van der Waals surface area (Å²) in [7, 11) is 0. The molecule has 5 rings (SSSR count). The molecule has 3 aliphatic rings. The number of nitrogens with one attached hydrogen (secondary N) is 2. The van der Waals surface area contributed by atoms with Crippen molar-refractivity contribution in [3.63, 3.8) is 0 Å². The monoisotopic (exact) mass is 506 g/mol. The number of Topliss-reactive ketones (excluding diaryl/α,β-unsaturated/α-hetero) is 1. The second kappa shape index (κ2) is 8.11. The SMILES string of the molecule is CC(=O)c1cccc(N2C(=O)[C@@H]3[C@@H](C(=O)Nc4cc(C)on4)[C@@]4(C)C=C[C@@]3(O4)[C@@H]2C(=O)NC(C)(C)C)c1. The Morgan fingerprint density at radius 3 is 2.46 bits per heavy atom. The Kier molecular flexibility index (Phi) is 5.45. The molecule has 2 fully saturated rings. The number of aromatic nitrogens is 1. The van der Waals surface area contributed by atoms with Crippen molar-refractivity contribution in [2.24, 2.45) is 11.8 Å². The molecule has 0 saturated carbocycles. The number of ether oxygens (including phenoxy) is 1. The fourth-order valence-corrected chi connectivity index (χ4v) is 5.75. The fourth-order valence-electron chi connectivity index (χ4n) is 5.75. The van der Waals surface area contributed by atoms with Crippen molar-refractivity contribution in [2.45, 2.75) is 64.3 Å². The molecule has 3 amide bonds. The van der Waals surface area contributed by atoms with Crippen LogP contribution in [0.2, 0.25) is 0 Å². The van der Waals surface area contributed by atoms with Crippen molar-refractivity contribution < 1.29 is 28.4 Å². The smallest absolute Gasteiger partial charge is 0.246 e. The average molecular weight is 507 g/mol. The summed E-state index contributed by atoms with van der Waals surface area (Å²) in [4.78, 5) is 55.0. The first-order chi connectivity index (χ1) is 17.3. The number of aryl methyl sites for hydroxylation is 1. The molecule has 5 atom stereocenters. The lowest BCUT2D eigenvalue weighted by Gasteiger charge is -2.35. The number of benzene rings is 1. The van der Waals surface area contributed by atoms with E-state index < -0.39 is 52.3 Å². The average Bonchev–Trinajstić information content (AvgIpc) is 3.49. The second-order valence-electron chi connectivity index (χ2n) is 11.2. The molecule has 2 N–H and O–H groups in total. The van der Waals surface area contributed by atoms with Crippen LogP contribution in [-0.4, -0.2) is 51.4 Å². The maximum atomic E-state index is 14.2. The van der Waals surface area contributed by atoms with Gasteiger partial charge in [-0.25, -0.2) is 0 Å². The van der Waals surface area contributed by atoms with Crippen LogP contribution in [0.4, 0.5) is 11.5 Å². The lowest BCUT2D eigenvalue weighted by atomic mass is 9.70. The number of carbonyl (C=O) groups excluding carboxylic acids is 4. The van der Waals surface area contributed by atoms with E-state index in [-0.39, 0.29) is 11.6 Å². The second-order valence-corrected chi connectivity index (χ2v) is 11.2. The number of carbonyl (C=O) groups is 4. The third-order valence-electron chi connectivity index (χ3n) is 7.14. The first-order valence-corrected chi connectivity index (χ1v) is 12.2. The van der Waals surface area contributed by atoms with Gasteiger partial charge in [-0.05, 0) is 53.7 Å². The standard InChI is InChI=1S/C27H30N4O6/c1-14-12-18(30-36-14)28-22(33)19-20-24(35)31(17-9-7-8-16(13-17)15(2)32)21(23(34)29-25(3,4)5)27(20)11-10-26(19,6)37-27/h7-13,19-21H,1-6H3,(H,29,34)(H,28,30,33)/t19-,20-,21-,26+,27-/m0/s1. The van der Waals surface area contributed by atoms with Crippen LogP contribution in [0.15, 0.2) is 47.0 Å². The van der Waals surface area contributed by atoms with E-state index in [0.29, 0.717) is 17.0 Å². The number of ketones is 1. The summed E-state index contributed by atoms with van der Waals surface area (Å²) in [5, 5.41) is 9.53. The Hall–Kier alpha value is -3.79. The van der Waals surface area contributed by atoms with Gasteiger partial charge in [0.05, 0.1) is 17.4 Å². The van der Waals surface area contributed by atoms with Crippen LogP contribution in [0.3, 0.4) is 0 Å². The van der Waals surface area contributed by atoms with E-state index in [0.717, 1.165) is 0 Å². The third kappa shape index (κ3) is 3.87. The summed E-state index contributed by atoms with van der Waals surface area (Å²) < 4.78 is 11.5. The van der Waals surface area contributed by atoms with Crippen LogP contribution in [0.1, 0.15) is 50.7 Å². The van der Waals surface area contributed by atoms with Crippen LogP contribution >= 0.6 is 0 Å². The van der Waals surface area contributed by atoms with E-state index in [1.54, 1.807) is 56.3 Å². The summed E-state index contributed by atoms with van der Waals surface area (Å²) in [6.07, 6.45) is 3.49. The first kappa shape index (κ1) is 24.9. The fraction of sp³-hybridized carbons (Fsp3) is 0.444. The van der Waals surface area contributed by atoms with Gasteiger partial charge in [0.1, 0.15) is 17.4 Å². The van der Waals surface area contributed by atoms with Crippen molar-refractivity contribution in [1.82, 2.24) is 10.5 Å².